The standard InChI is InChI=1S/C33H42F3N5O5/c1-2-16-46-29-22-41(21-28(29)38-30(42)20-37-31(43)24-4-3-5-25(19-24)33(34,35)36)27-10-12-39(13-11-27)26-8-6-23(7-9-26)32(44)40-14-17-45-18-15-40/h3-9,19,27-29H,2,10-18,20-22H2,1H3,(H,37,43)(H,38,42)/t28-,29-/m0/s1. The molecule has 3 aliphatic rings. The molecule has 0 aliphatic carbocycles. The van der Waals surface area contributed by atoms with E-state index in [0.29, 0.717) is 57.6 Å². The Morgan fingerprint density at radius 1 is 0.957 bits per heavy atom. The number of ether oxygens (including phenoxy) is 2. The summed E-state index contributed by atoms with van der Waals surface area (Å²) < 4.78 is 50.5. The number of benzene rings is 2. The Bertz CT molecular complexity index is 1340. The number of alkyl halides is 3. The molecule has 250 valence electrons. The minimum absolute atomic E-state index is 0.0298. The van der Waals surface area contributed by atoms with Crippen molar-refractivity contribution in [3.63, 3.8) is 0 Å². The zero-order valence-electron chi connectivity index (χ0n) is 26.1. The highest BCUT2D eigenvalue weighted by Gasteiger charge is 2.39. The summed E-state index contributed by atoms with van der Waals surface area (Å²) in [6.07, 6.45) is -2.08. The molecule has 3 saturated heterocycles. The Kier molecular flexibility index (Phi) is 11.2. The average Bonchev–Trinajstić information content (AvgIpc) is 3.48. The number of halogens is 3. The number of likely N-dealkylation sites (tertiary alicyclic amines) is 1. The van der Waals surface area contributed by atoms with Crippen LogP contribution in [0.15, 0.2) is 48.5 Å². The second-order valence-electron chi connectivity index (χ2n) is 12.0. The van der Waals surface area contributed by atoms with Gasteiger partial charge in [-0.2, -0.15) is 13.2 Å². The highest BCUT2D eigenvalue weighted by Crippen LogP contribution is 2.30. The number of nitrogens with zero attached hydrogens (tertiary/aromatic N) is 3. The van der Waals surface area contributed by atoms with Crippen molar-refractivity contribution in [1.29, 1.82) is 0 Å². The van der Waals surface area contributed by atoms with Crippen molar-refractivity contribution in [2.24, 2.45) is 0 Å². The number of anilines is 1. The van der Waals surface area contributed by atoms with E-state index in [-0.39, 0.29) is 30.2 Å². The summed E-state index contributed by atoms with van der Waals surface area (Å²) in [4.78, 5) is 44.6. The topological polar surface area (TPSA) is 103 Å². The van der Waals surface area contributed by atoms with E-state index in [0.717, 1.165) is 56.2 Å². The fourth-order valence-electron chi connectivity index (χ4n) is 6.29. The summed E-state index contributed by atoms with van der Waals surface area (Å²) in [5.74, 6) is -1.15. The van der Waals surface area contributed by atoms with Crippen LogP contribution in [0.4, 0.5) is 18.9 Å². The number of carbonyl (C=O) groups excluding carboxylic acids is 3. The minimum Gasteiger partial charge on any atom is -0.378 e. The Balaban J connectivity index is 1.11. The molecule has 2 aromatic carbocycles. The zero-order chi connectivity index (χ0) is 32.7. The van der Waals surface area contributed by atoms with Gasteiger partial charge in [0.2, 0.25) is 5.91 Å². The van der Waals surface area contributed by atoms with Crippen LogP contribution >= 0.6 is 0 Å². The van der Waals surface area contributed by atoms with Gasteiger partial charge in [0.1, 0.15) is 0 Å². The highest BCUT2D eigenvalue weighted by molar-refractivity contribution is 5.96. The van der Waals surface area contributed by atoms with Crippen molar-refractivity contribution in [1.82, 2.24) is 20.4 Å². The van der Waals surface area contributed by atoms with Gasteiger partial charge < -0.3 is 29.9 Å². The lowest BCUT2D eigenvalue weighted by Gasteiger charge is -2.38. The van der Waals surface area contributed by atoms with Gasteiger partial charge in [-0.25, -0.2) is 0 Å². The second kappa shape index (κ2) is 15.3. The molecule has 13 heteroatoms. The fourth-order valence-corrected chi connectivity index (χ4v) is 6.29. The molecule has 0 bridgehead atoms. The molecular weight excluding hydrogens is 603 g/mol. The fraction of sp³-hybridized carbons (Fsp3) is 0.545. The molecule has 3 fully saturated rings. The quantitative estimate of drug-likeness (QED) is 0.409. The summed E-state index contributed by atoms with van der Waals surface area (Å²) >= 11 is 0. The van der Waals surface area contributed by atoms with Crippen LogP contribution in [0.3, 0.4) is 0 Å². The SMILES string of the molecule is CCCO[C@H]1CN(C2CCN(c3ccc(C(=O)N4CCOCC4)cc3)CC2)C[C@@H]1NC(=O)CNC(=O)c1cccc(C(F)(F)F)c1. The molecule has 10 nitrogen and oxygen atoms in total. The van der Waals surface area contributed by atoms with Gasteiger partial charge in [-0.05, 0) is 61.7 Å². The van der Waals surface area contributed by atoms with Crippen LogP contribution in [0.2, 0.25) is 0 Å². The molecule has 2 N–H and O–H groups in total. The summed E-state index contributed by atoms with van der Waals surface area (Å²) in [7, 11) is 0. The molecule has 2 aromatic rings. The third kappa shape index (κ3) is 8.56. The lowest BCUT2D eigenvalue weighted by atomic mass is 10.0. The summed E-state index contributed by atoms with van der Waals surface area (Å²) in [6.45, 7) is 7.56. The molecule has 0 saturated carbocycles. The Hall–Kier alpha value is -3.68. The normalized spacial score (nSPS) is 21.3. The third-order valence-electron chi connectivity index (χ3n) is 8.80. The number of nitrogens with one attached hydrogen (secondary N) is 2. The van der Waals surface area contributed by atoms with Gasteiger partial charge in [-0.1, -0.05) is 13.0 Å². The number of hydrogen-bond acceptors (Lipinski definition) is 7. The number of carbonyl (C=O) groups is 3. The van der Waals surface area contributed by atoms with Crippen LogP contribution < -0.4 is 15.5 Å². The van der Waals surface area contributed by atoms with E-state index in [1.54, 1.807) is 0 Å². The number of morpholine rings is 1. The average molecular weight is 646 g/mol. The molecular formula is C33H42F3N5O5. The molecule has 46 heavy (non-hydrogen) atoms. The van der Waals surface area contributed by atoms with Crippen LogP contribution in [0, 0.1) is 0 Å². The van der Waals surface area contributed by atoms with E-state index in [1.165, 1.54) is 6.07 Å². The van der Waals surface area contributed by atoms with Crippen molar-refractivity contribution in [3.8, 4) is 0 Å². The van der Waals surface area contributed by atoms with E-state index in [9.17, 15) is 27.6 Å². The number of rotatable bonds is 10. The van der Waals surface area contributed by atoms with Crippen molar-refractivity contribution >= 4 is 23.4 Å². The maximum Gasteiger partial charge on any atom is 0.416 e. The minimum atomic E-state index is -4.57. The van der Waals surface area contributed by atoms with E-state index in [4.69, 9.17) is 9.47 Å². The first-order valence-electron chi connectivity index (χ1n) is 15.9. The van der Waals surface area contributed by atoms with Crippen molar-refractivity contribution in [3.05, 3.63) is 65.2 Å². The Morgan fingerprint density at radius 3 is 2.35 bits per heavy atom. The van der Waals surface area contributed by atoms with Crippen LogP contribution in [-0.4, -0.2) is 111 Å². The van der Waals surface area contributed by atoms with Crippen molar-refractivity contribution < 1.29 is 37.0 Å². The monoisotopic (exact) mass is 645 g/mol. The Morgan fingerprint density at radius 2 is 1.67 bits per heavy atom. The van der Waals surface area contributed by atoms with Crippen LogP contribution in [-0.2, 0) is 20.4 Å². The third-order valence-corrected chi connectivity index (χ3v) is 8.80. The summed E-state index contributed by atoms with van der Waals surface area (Å²) in [5.41, 5.74) is 0.674. The first kappa shape index (κ1) is 33.7. The van der Waals surface area contributed by atoms with Gasteiger partial charge in [-0.15, -0.1) is 0 Å². The lowest BCUT2D eigenvalue weighted by molar-refractivity contribution is -0.137. The van der Waals surface area contributed by atoms with Gasteiger partial charge >= 0.3 is 6.18 Å². The van der Waals surface area contributed by atoms with Gasteiger partial charge in [0.15, 0.2) is 0 Å². The molecule has 0 spiro atoms. The number of hydrogen-bond donors (Lipinski definition) is 2. The largest absolute Gasteiger partial charge is 0.416 e. The van der Waals surface area contributed by atoms with Gasteiger partial charge in [0.25, 0.3) is 11.8 Å². The lowest BCUT2D eigenvalue weighted by Crippen LogP contribution is -2.48. The smallest absolute Gasteiger partial charge is 0.378 e. The molecule has 2 atom stereocenters. The first-order chi connectivity index (χ1) is 22.1. The number of piperidine rings is 1. The molecule has 0 aromatic heterocycles. The molecule has 0 unspecified atom stereocenters. The second-order valence-corrected chi connectivity index (χ2v) is 12.0. The van der Waals surface area contributed by atoms with Crippen molar-refractivity contribution in [2.45, 2.75) is 50.6 Å². The van der Waals surface area contributed by atoms with Gasteiger partial charge in [-0.3, -0.25) is 19.3 Å². The van der Waals surface area contributed by atoms with Crippen LogP contribution in [0.25, 0.3) is 0 Å². The predicted octanol–water partition coefficient (Wildman–Crippen LogP) is 3.17. The van der Waals surface area contributed by atoms with Crippen LogP contribution in [0.5, 0.6) is 0 Å². The molecule has 5 rings (SSSR count). The molecule has 3 heterocycles. The molecule has 3 amide bonds. The highest BCUT2D eigenvalue weighted by atomic mass is 19.4. The predicted molar refractivity (Wildman–Crippen MR) is 166 cm³/mol. The molecule has 0 radical (unpaired) electrons. The van der Waals surface area contributed by atoms with E-state index < -0.39 is 23.6 Å². The van der Waals surface area contributed by atoms with Gasteiger partial charge in [0, 0.05) is 68.7 Å². The van der Waals surface area contributed by atoms with Crippen LogP contribution in [0.1, 0.15) is 52.5 Å². The summed E-state index contributed by atoms with van der Waals surface area (Å²) in [5, 5.41) is 5.40. The first-order valence-corrected chi connectivity index (χ1v) is 15.9. The Labute approximate surface area is 267 Å². The van der Waals surface area contributed by atoms with Crippen molar-refractivity contribution in [2.75, 3.05) is 70.5 Å². The maximum absolute atomic E-state index is 13.0. The zero-order valence-corrected chi connectivity index (χ0v) is 26.1. The molecule has 3 aliphatic heterocycles. The maximum atomic E-state index is 13.0. The summed E-state index contributed by atoms with van der Waals surface area (Å²) in [6, 6.07) is 11.9. The van der Waals surface area contributed by atoms with E-state index in [2.05, 4.69) is 20.4 Å². The van der Waals surface area contributed by atoms with E-state index in [1.807, 2.05) is 36.1 Å². The van der Waals surface area contributed by atoms with Gasteiger partial charge in [0.05, 0.1) is 37.5 Å². The van der Waals surface area contributed by atoms with E-state index >= 15 is 0 Å². The number of amides is 3.